The fourth-order valence-electron chi connectivity index (χ4n) is 1.06. The molecule has 1 rings (SSSR count). The van der Waals surface area contributed by atoms with E-state index in [1.54, 1.807) is 19.9 Å². The number of thiophene rings is 1. The Morgan fingerprint density at radius 1 is 1.67 bits per heavy atom. The third kappa shape index (κ3) is 3.42. The van der Waals surface area contributed by atoms with Crippen LogP contribution in [0.3, 0.4) is 0 Å². The lowest BCUT2D eigenvalue weighted by molar-refractivity contribution is 0.570. The van der Waals surface area contributed by atoms with E-state index in [1.807, 2.05) is 0 Å². The van der Waals surface area contributed by atoms with Crippen molar-refractivity contribution in [2.75, 3.05) is 5.88 Å². The zero-order valence-corrected chi connectivity index (χ0v) is 12.2. The van der Waals surface area contributed by atoms with Gasteiger partial charge in [-0.25, -0.2) is 13.1 Å². The fourth-order valence-corrected chi connectivity index (χ4v) is 4.88. The Morgan fingerprint density at radius 2 is 2.27 bits per heavy atom. The SMILES string of the molecule is Cc1sc(Br)cc1S(=O)(=O)NC(C)CCl. The Hall–Kier alpha value is 0.380. The van der Waals surface area contributed by atoms with Gasteiger partial charge in [-0.2, -0.15) is 0 Å². The third-order valence-corrected chi connectivity index (χ3v) is 5.58. The van der Waals surface area contributed by atoms with Crippen LogP contribution in [0.2, 0.25) is 0 Å². The first-order chi connectivity index (χ1) is 6.86. The summed E-state index contributed by atoms with van der Waals surface area (Å²) in [6.45, 7) is 3.50. The van der Waals surface area contributed by atoms with Gasteiger partial charge < -0.3 is 0 Å². The molecule has 0 spiro atoms. The summed E-state index contributed by atoms with van der Waals surface area (Å²) in [5.74, 6) is 0.254. The molecule has 0 saturated heterocycles. The van der Waals surface area contributed by atoms with Gasteiger partial charge in [0.15, 0.2) is 0 Å². The van der Waals surface area contributed by atoms with Gasteiger partial charge in [0.05, 0.1) is 8.68 Å². The highest BCUT2D eigenvalue weighted by atomic mass is 79.9. The first kappa shape index (κ1) is 13.4. The van der Waals surface area contributed by atoms with Crippen LogP contribution >= 0.6 is 38.9 Å². The summed E-state index contributed by atoms with van der Waals surface area (Å²) in [4.78, 5) is 1.08. The van der Waals surface area contributed by atoms with Crippen LogP contribution < -0.4 is 4.72 Å². The molecule has 0 aliphatic carbocycles. The molecule has 1 atom stereocenters. The molecule has 0 aromatic carbocycles. The molecule has 0 aliphatic heterocycles. The van der Waals surface area contributed by atoms with E-state index in [2.05, 4.69) is 20.7 Å². The van der Waals surface area contributed by atoms with Crippen LogP contribution in [0.4, 0.5) is 0 Å². The van der Waals surface area contributed by atoms with Crippen molar-refractivity contribution in [3.05, 3.63) is 14.7 Å². The monoisotopic (exact) mass is 331 g/mol. The predicted octanol–water partition coefficient (Wildman–Crippen LogP) is 2.72. The van der Waals surface area contributed by atoms with Crippen molar-refractivity contribution in [3.8, 4) is 0 Å². The quantitative estimate of drug-likeness (QED) is 0.862. The minimum absolute atomic E-state index is 0.254. The summed E-state index contributed by atoms with van der Waals surface area (Å²) in [7, 11) is -3.44. The van der Waals surface area contributed by atoms with E-state index >= 15 is 0 Å². The Balaban J connectivity index is 3.01. The minimum Gasteiger partial charge on any atom is -0.207 e. The lowest BCUT2D eigenvalue weighted by Gasteiger charge is -2.10. The molecule has 7 heteroatoms. The molecule has 1 heterocycles. The van der Waals surface area contributed by atoms with E-state index in [0.29, 0.717) is 4.90 Å². The molecule has 0 aliphatic rings. The third-order valence-electron chi connectivity index (χ3n) is 1.72. The van der Waals surface area contributed by atoms with E-state index in [4.69, 9.17) is 11.6 Å². The van der Waals surface area contributed by atoms with Crippen LogP contribution in [-0.2, 0) is 10.0 Å². The number of sulfonamides is 1. The predicted molar refractivity (Wildman–Crippen MR) is 67.3 cm³/mol. The van der Waals surface area contributed by atoms with E-state index in [9.17, 15) is 8.42 Å². The van der Waals surface area contributed by atoms with Crippen LogP contribution in [0.1, 0.15) is 11.8 Å². The smallest absolute Gasteiger partial charge is 0.207 e. The first-order valence-electron chi connectivity index (χ1n) is 4.21. The molecule has 1 aromatic heterocycles. The molecule has 0 amide bonds. The zero-order chi connectivity index (χ0) is 11.6. The second kappa shape index (κ2) is 5.14. The van der Waals surface area contributed by atoms with Crippen molar-refractivity contribution < 1.29 is 8.42 Å². The van der Waals surface area contributed by atoms with Gasteiger partial charge in [0.2, 0.25) is 10.0 Å². The number of alkyl halides is 1. The number of aryl methyl sites for hydroxylation is 1. The molecule has 1 unspecified atom stereocenters. The van der Waals surface area contributed by atoms with Gasteiger partial charge >= 0.3 is 0 Å². The number of halogens is 2. The summed E-state index contributed by atoms with van der Waals surface area (Å²) in [6, 6.07) is 1.33. The van der Waals surface area contributed by atoms with E-state index in [-0.39, 0.29) is 11.9 Å². The van der Waals surface area contributed by atoms with Crippen LogP contribution in [0.15, 0.2) is 14.7 Å². The van der Waals surface area contributed by atoms with Crippen molar-refractivity contribution in [3.63, 3.8) is 0 Å². The number of hydrogen-bond donors (Lipinski definition) is 1. The molecule has 0 saturated carbocycles. The summed E-state index contributed by atoms with van der Waals surface area (Å²) < 4.78 is 27.0. The molecule has 86 valence electrons. The molecular formula is C8H11BrClNO2S2. The summed E-state index contributed by atoms with van der Waals surface area (Å²) in [6.07, 6.45) is 0. The van der Waals surface area contributed by atoms with Gasteiger partial charge in [0, 0.05) is 16.8 Å². The van der Waals surface area contributed by atoms with Gasteiger partial charge in [-0.1, -0.05) is 0 Å². The van der Waals surface area contributed by atoms with E-state index < -0.39 is 10.0 Å². The topological polar surface area (TPSA) is 46.2 Å². The first-order valence-corrected chi connectivity index (χ1v) is 7.83. The van der Waals surface area contributed by atoms with Gasteiger partial charge in [0.1, 0.15) is 0 Å². The second-order valence-electron chi connectivity index (χ2n) is 3.15. The van der Waals surface area contributed by atoms with Crippen LogP contribution in [0.25, 0.3) is 0 Å². The van der Waals surface area contributed by atoms with E-state index in [0.717, 1.165) is 8.66 Å². The number of rotatable bonds is 4. The Labute approximate surface area is 107 Å². The molecule has 15 heavy (non-hydrogen) atoms. The van der Waals surface area contributed by atoms with Gasteiger partial charge in [-0.3, -0.25) is 0 Å². The maximum Gasteiger partial charge on any atom is 0.241 e. The van der Waals surface area contributed by atoms with Crippen LogP contribution in [-0.4, -0.2) is 20.3 Å². The molecule has 0 bridgehead atoms. The van der Waals surface area contributed by atoms with Gasteiger partial charge in [-0.15, -0.1) is 22.9 Å². The zero-order valence-electron chi connectivity index (χ0n) is 8.25. The largest absolute Gasteiger partial charge is 0.241 e. The molecule has 1 N–H and O–H groups in total. The Bertz CT molecular complexity index is 443. The maximum atomic E-state index is 11.9. The highest BCUT2D eigenvalue weighted by Crippen LogP contribution is 2.29. The Kier molecular flexibility index (Phi) is 4.61. The van der Waals surface area contributed by atoms with Crippen molar-refractivity contribution in [2.45, 2.75) is 24.8 Å². The van der Waals surface area contributed by atoms with Crippen LogP contribution in [0.5, 0.6) is 0 Å². The van der Waals surface area contributed by atoms with Crippen molar-refractivity contribution in [1.29, 1.82) is 0 Å². The van der Waals surface area contributed by atoms with Crippen molar-refractivity contribution >= 4 is 48.9 Å². The minimum atomic E-state index is -3.44. The second-order valence-corrected chi connectivity index (χ2v) is 7.77. The normalized spacial score (nSPS) is 14.1. The fraction of sp³-hybridized carbons (Fsp3) is 0.500. The Morgan fingerprint density at radius 3 is 2.67 bits per heavy atom. The molecule has 3 nitrogen and oxygen atoms in total. The average molecular weight is 333 g/mol. The number of hydrogen-bond acceptors (Lipinski definition) is 3. The summed E-state index contributed by atoms with van der Waals surface area (Å²) >= 11 is 10.2. The van der Waals surface area contributed by atoms with Crippen molar-refractivity contribution in [2.24, 2.45) is 0 Å². The molecule has 1 aromatic rings. The van der Waals surface area contributed by atoms with Crippen molar-refractivity contribution in [1.82, 2.24) is 4.72 Å². The van der Waals surface area contributed by atoms with Gasteiger partial charge in [-0.05, 0) is 35.8 Å². The highest BCUT2D eigenvalue weighted by Gasteiger charge is 2.21. The lowest BCUT2D eigenvalue weighted by atomic mass is 10.4. The summed E-state index contributed by atoms with van der Waals surface area (Å²) in [5, 5.41) is 0. The van der Waals surface area contributed by atoms with E-state index in [1.165, 1.54) is 11.3 Å². The number of nitrogens with one attached hydrogen (secondary N) is 1. The van der Waals surface area contributed by atoms with Gasteiger partial charge in [0.25, 0.3) is 0 Å². The summed E-state index contributed by atoms with van der Waals surface area (Å²) in [5.41, 5.74) is 0. The standard InChI is InChI=1S/C8H11BrClNO2S2/c1-5(4-10)11-15(12,13)7-3-8(9)14-6(7)2/h3,5,11H,4H2,1-2H3. The highest BCUT2D eigenvalue weighted by molar-refractivity contribution is 9.11. The maximum absolute atomic E-state index is 11.9. The van der Waals surface area contributed by atoms with Crippen LogP contribution in [0, 0.1) is 6.92 Å². The molecule has 0 fully saturated rings. The average Bonchev–Trinajstić information content (AvgIpc) is 2.45. The molecule has 0 radical (unpaired) electrons. The molecular weight excluding hydrogens is 322 g/mol. The lowest BCUT2D eigenvalue weighted by Crippen LogP contribution is -2.33.